The van der Waals surface area contributed by atoms with Crippen molar-refractivity contribution < 1.29 is 9.18 Å². The number of carbonyl (C=O) groups is 1. The number of aromatic amines is 1. The van der Waals surface area contributed by atoms with Crippen molar-refractivity contribution in [1.29, 1.82) is 0 Å². The molecular weight excluding hydrogens is 411 g/mol. The summed E-state index contributed by atoms with van der Waals surface area (Å²) in [6.07, 6.45) is 3.72. The molecule has 0 aliphatic heterocycles. The van der Waals surface area contributed by atoms with Gasteiger partial charge in [0.25, 0.3) is 5.56 Å². The molecule has 0 fully saturated rings. The van der Waals surface area contributed by atoms with E-state index < -0.39 is 23.0 Å². The van der Waals surface area contributed by atoms with Crippen LogP contribution in [-0.4, -0.2) is 20.3 Å². The van der Waals surface area contributed by atoms with Crippen molar-refractivity contribution in [3.8, 4) is 0 Å². The highest BCUT2D eigenvalue weighted by atomic mass is 19.1. The number of carbonyl (C=O) groups excluding carboxylic acids is 1. The summed E-state index contributed by atoms with van der Waals surface area (Å²) in [6, 6.07) is 7.89. The molecule has 2 aromatic heterocycles. The van der Waals surface area contributed by atoms with Crippen molar-refractivity contribution in [3.63, 3.8) is 0 Å². The number of aryl methyl sites for hydroxylation is 1. The van der Waals surface area contributed by atoms with Gasteiger partial charge in [0.15, 0.2) is 0 Å². The summed E-state index contributed by atoms with van der Waals surface area (Å²) in [5.41, 5.74) is 6.78. The topological polar surface area (TPSA) is 111 Å². The minimum Gasteiger partial charge on any atom is -0.384 e. The summed E-state index contributed by atoms with van der Waals surface area (Å²) in [6.45, 7) is 7.10. The Morgan fingerprint density at radius 2 is 1.94 bits per heavy atom. The van der Waals surface area contributed by atoms with E-state index in [0.29, 0.717) is 11.1 Å². The van der Waals surface area contributed by atoms with Crippen molar-refractivity contribution in [1.82, 2.24) is 14.5 Å². The lowest BCUT2D eigenvalue weighted by Crippen LogP contribution is -2.38. The first-order chi connectivity index (χ1) is 15.1. The lowest BCUT2D eigenvalue weighted by Gasteiger charge is -2.18. The van der Waals surface area contributed by atoms with Crippen LogP contribution in [0.1, 0.15) is 65.0 Å². The second-order valence-electron chi connectivity index (χ2n) is 7.95. The van der Waals surface area contributed by atoms with Crippen LogP contribution < -0.4 is 17.0 Å². The molecule has 3 N–H and O–H groups in total. The Morgan fingerprint density at radius 1 is 1.22 bits per heavy atom. The molecule has 166 valence electrons. The zero-order valence-electron chi connectivity index (χ0n) is 18.4. The number of allylic oxidation sites excluding steroid dienone is 1. The first-order valence-corrected chi connectivity index (χ1v) is 10.2. The smallest absolute Gasteiger partial charge is 0.329 e. The van der Waals surface area contributed by atoms with Gasteiger partial charge in [0, 0.05) is 11.1 Å². The summed E-state index contributed by atoms with van der Waals surface area (Å²) in [4.78, 5) is 44.9. The number of anilines is 1. The van der Waals surface area contributed by atoms with Crippen LogP contribution in [0.5, 0.6) is 0 Å². The van der Waals surface area contributed by atoms with Crippen molar-refractivity contribution in [2.75, 3.05) is 5.73 Å². The highest BCUT2D eigenvalue weighted by Gasteiger charge is 2.25. The van der Waals surface area contributed by atoms with Gasteiger partial charge in [-0.1, -0.05) is 32.1 Å². The number of nitrogens with one attached hydrogen (secondary N) is 1. The molecule has 2 heterocycles. The molecule has 0 aliphatic rings. The molecule has 0 saturated carbocycles. The molecule has 32 heavy (non-hydrogen) atoms. The van der Waals surface area contributed by atoms with Gasteiger partial charge in [-0.25, -0.2) is 9.78 Å². The normalized spacial score (nSPS) is 11.4. The minimum absolute atomic E-state index is 0.0263. The van der Waals surface area contributed by atoms with Gasteiger partial charge >= 0.3 is 5.69 Å². The number of H-pyrrole nitrogens is 1. The van der Waals surface area contributed by atoms with Crippen LogP contribution >= 0.6 is 0 Å². The highest BCUT2D eigenvalue weighted by Crippen LogP contribution is 2.21. The van der Waals surface area contributed by atoms with Crippen molar-refractivity contribution >= 4 is 17.7 Å². The van der Waals surface area contributed by atoms with E-state index in [1.165, 1.54) is 6.07 Å². The fourth-order valence-electron chi connectivity index (χ4n) is 3.73. The van der Waals surface area contributed by atoms with Gasteiger partial charge in [0.1, 0.15) is 11.5 Å². The molecule has 0 bridgehead atoms. The molecule has 0 unspecified atom stereocenters. The Morgan fingerprint density at radius 3 is 2.56 bits per heavy atom. The fraction of sp³-hybridized carbons (Fsp3) is 0.250. The molecule has 0 aliphatic carbocycles. The van der Waals surface area contributed by atoms with Crippen LogP contribution in [0.4, 0.5) is 10.2 Å². The largest absolute Gasteiger partial charge is 0.384 e. The Kier molecular flexibility index (Phi) is 6.53. The van der Waals surface area contributed by atoms with Gasteiger partial charge in [0.05, 0.1) is 6.54 Å². The van der Waals surface area contributed by atoms with Gasteiger partial charge in [-0.2, -0.15) is 4.39 Å². The Bertz CT molecular complexity index is 1320. The zero-order chi connectivity index (χ0) is 23.6. The first kappa shape index (κ1) is 22.9. The van der Waals surface area contributed by atoms with E-state index in [0.717, 1.165) is 21.8 Å². The molecule has 3 rings (SSSR count). The summed E-state index contributed by atoms with van der Waals surface area (Å²) in [5.74, 6) is -1.66. The number of pyridine rings is 1. The Hall–Kier alpha value is -3.81. The number of benzene rings is 1. The van der Waals surface area contributed by atoms with Crippen LogP contribution in [0.2, 0.25) is 0 Å². The molecule has 3 aromatic rings. The average molecular weight is 436 g/mol. The minimum atomic E-state index is -0.802. The maximum atomic E-state index is 13.8. The van der Waals surface area contributed by atoms with Crippen LogP contribution in [-0.2, 0) is 6.54 Å². The van der Waals surface area contributed by atoms with E-state index >= 15 is 0 Å². The molecule has 0 saturated heterocycles. The predicted molar refractivity (Wildman–Crippen MR) is 122 cm³/mol. The van der Waals surface area contributed by atoms with Crippen LogP contribution in [0, 0.1) is 12.9 Å². The van der Waals surface area contributed by atoms with E-state index in [2.05, 4.69) is 9.97 Å². The van der Waals surface area contributed by atoms with Gasteiger partial charge in [-0.15, -0.1) is 0 Å². The number of nitrogen functional groups attached to an aromatic ring is 1. The lowest BCUT2D eigenvalue weighted by molar-refractivity contribution is 0.102. The summed E-state index contributed by atoms with van der Waals surface area (Å²) in [5, 5.41) is 0. The number of hydrogen-bond acceptors (Lipinski definition) is 5. The van der Waals surface area contributed by atoms with Gasteiger partial charge in [-0.3, -0.25) is 19.1 Å². The number of nitrogens with two attached hydrogens (primary N) is 1. The van der Waals surface area contributed by atoms with Crippen molar-refractivity contribution in [2.45, 2.75) is 40.2 Å². The molecule has 0 spiro atoms. The third-order valence-electron chi connectivity index (χ3n) is 4.96. The maximum Gasteiger partial charge on any atom is 0.329 e. The summed E-state index contributed by atoms with van der Waals surface area (Å²) < 4.78 is 14.9. The third-order valence-corrected chi connectivity index (χ3v) is 4.96. The number of aromatic nitrogens is 3. The second kappa shape index (κ2) is 9.13. The third kappa shape index (κ3) is 4.74. The quantitative estimate of drug-likeness (QED) is 0.454. The summed E-state index contributed by atoms with van der Waals surface area (Å²) >= 11 is 0. The molecule has 1 aromatic carbocycles. The number of hydrogen-bond donors (Lipinski definition) is 2. The van der Waals surface area contributed by atoms with Gasteiger partial charge in [0.2, 0.25) is 11.7 Å². The monoisotopic (exact) mass is 436 g/mol. The molecule has 0 atom stereocenters. The van der Waals surface area contributed by atoms with E-state index in [4.69, 9.17) is 5.73 Å². The predicted octanol–water partition coefficient (Wildman–Crippen LogP) is 3.40. The molecule has 8 heteroatoms. The molecule has 0 amide bonds. The van der Waals surface area contributed by atoms with E-state index in [1.807, 2.05) is 32.1 Å². The number of halogens is 1. The van der Waals surface area contributed by atoms with E-state index in [1.54, 1.807) is 26.0 Å². The van der Waals surface area contributed by atoms with E-state index in [9.17, 15) is 18.8 Å². The highest BCUT2D eigenvalue weighted by molar-refractivity contribution is 6.09. The van der Waals surface area contributed by atoms with Crippen molar-refractivity contribution in [2.24, 2.45) is 0 Å². The average Bonchev–Trinajstić information content (AvgIpc) is 2.68. The Labute approximate surface area is 184 Å². The van der Waals surface area contributed by atoms with Crippen LogP contribution in [0.15, 0.2) is 46.0 Å². The number of rotatable bonds is 6. The van der Waals surface area contributed by atoms with Crippen LogP contribution in [0.3, 0.4) is 0 Å². The standard InChI is InChI=1S/C24H25FN4O3/c1-5-6-15-7-14(4)8-17(9-15)22(30)21-20(13(2)3)23(31)28-24(32)29(21)12-16-10-18(25)27-19(26)11-16/h5-11,13H,12H2,1-4H3,(H2,26,27)(H,28,31,32)/b6-5+. The zero-order valence-corrected chi connectivity index (χ0v) is 18.4. The van der Waals surface area contributed by atoms with Gasteiger partial charge in [-0.05, 0) is 60.7 Å². The summed E-state index contributed by atoms with van der Waals surface area (Å²) in [7, 11) is 0. The second-order valence-corrected chi connectivity index (χ2v) is 7.95. The van der Waals surface area contributed by atoms with E-state index in [-0.39, 0.29) is 29.5 Å². The van der Waals surface area contributed by atoms with Gasteiger partial charge < -0.3 is 5.73 Å². The lowest BCUT2D eigenvalue weighted by atomic mass is 9.95. The maximum absolute atomic E-state index is 13.8. The molecular formula is C24H25FN4O3. The number of nitrogens with zero attached hydrogens (tertiary/aromatic N) is 2. The molecule has 7 nitrogen and oxygen atoms in total. The fourth-order valence-corrected chi connectivity index (χ4v) is 3.73. The van der Waals surface area contributed by atoms with Crippen molar-refractivity contribution in [3.05, 3.63) is 96.7 Å². The molecule has 0 radical (unpaired) electrons. The SMILES string of the molecule is C/C=C/c1cc(C)cc(C(=O)c2c(C(C)C)c(=O)[nH]c(=O)n2Cc2cc(N)nc(F)c2)c1. The first-order valence-electron chi connectivity index (χ1n) is 10.2. The van der Waals surface area contributed by atoms with Crippen LogP contribution in [0.25, 0.3) is 6.08 Å². The Balaban J connectivity index is 2.28. The number of ketones is 1.